The van der Waals surface area contributed by atoms with Gasteiger partial charge in [-0.05, 0) is 25.0 Å². The Balaban J connectivity index is 2.27. The predicted octanol–water partition coefficient (Wildman–Crippen LogP) is 2.57. The van der Waals surface area contributed by atoms with E-state index in [0.717, 1.165) is 32.1 Å². The molecule has 0 spiro atoms. The first-order valence-electron chi connectivity index (χ1n) is 5.89. The van der Waals surface area contributed by atoms with Crippen molar-refractivity contribution in [3.05, 3.63) is 17.7 Å². The van der Waals surface area contributed by atoms with Gasteiger partial charge in [0.2, 0.25) is 5.75 Å². The Hall–Kier alpha value is -1.71. The molecule has 0 heterocycles. The molecular weight excluding hydrogens is 220 g/mol. The van der Waals surface area contributed by atoms with Gasteiger partial charge in [-0.1, -0.05) is 19.3 Å². The quantitative estimate of drug-likeness (QED) is 0.544. The van der Waals surface area contributed by atoms with Crippen LogP contribution in [0.1, 0.15) is 42.5 Å². The summed E-state index contributed by atoms with van der Waals surface area (Å²) in [5, 5.41) is 28.2. The highest BCUT2D eigenvalue weighted by molar-refractivity contribution is 6.01. The highest BCUT2D eigenvalue weighted by Crippen LogP contribution is 2.39. The number of aromatic hydroxyl groups is 3. The number of Topliss-reactive ketones (excluding diaryl/α,β-unsaturated/α-hetero) is 1. The third-order valence-corrected chi connectivity index (χ3v) is 3.37. The summed E-state index contributed by atoms with van der Waals surface area (Å²) in [7, 11) is 0. The minimum absolute atomic E-state index is 0.0707. The smallest absolute Gasteiger partial charge is 0.201 e. The van der Waals surface area contributed by atoms with E-state index in [4.69, 9.17) is 0 Å². The molecule has 1 fully saturated rings. The van der Waals surface area contributed by atoms with Crippen LogP contribution in [0.4, 0.5) is 0 Å². The van der Waals surface area contributed by atoms with Gasteiger partial charge in [0, 0.05) is 5.92 Å². The summed E-state index contributed by atoms with van der Waals surface area (Å²) in [6.07, 6.45) is 4.87. The SMILES string of the molecule is O=C(c1ccc(O)c(O)c1O)C1CCCCC1. The fourth-order valence-electron chi connectivity index (χ4n) is 2.35. The van der Waals surface area contributed by atoms with Crippen molar-refractivity contribution in [2.75, 3.05) is 0 Å². The number of hydrogen-bond acceptors (Lipinski definition) is 4. The number of phenolic OH excluding ortho intramolecular Hbond substituents is 3. The molecule has 0 atom stereocenters. The molecule has 3 N–H and O–H groups in total. The Bertz CT molecular complexity index is 433. The zero-order valence-corrected chi connectivity index (χ0v) is 9.52. The topological polar surface area (TPSA) is 77.8 Å². The highest BCUT2D eigenvalue weighted by Gasteiger charge is 2.26. The van der Waals surface area contributed by atoms with E-state index in [0.29, 0.717) is 0 Å². The van der Waals surface area contributed by atoms with Gasteiger partial charge < -0.3 is 15.3 Å². The Morgan fingerprint density at radius 2 is 1.65 bits per heavy atom. The Morgan fingerprint density at radius 1 is 1.00 bits per heavy atom. The monoisotopic (exact) mass is 236 g/mol. The van der Waals surface area contributed by atoms with Gasteiger partial charge in [0.15, 0.2) is 17.3 Å². The fourth-order valence-corrected chi connectivity index (χ4v) is 2.35. The zero-order valence-electron chi connectivity index (χ0n) is 9.52. The molecule has 0 aromatic heterocycles. The third-order valence-electron chi connectivity index (χ3n) is 3.37. The summed E-state index contributed by atoms with van der Waals surface area (Å²) in [5.41, 5.74) is 0.104. The minimum atomic E-state index is -0.619. The number of hydrogen-bond donors (Lipinski definition) is 3. The molecule has 4 heteroatoms. The van der Waals surface area contributed by atoms with Crippen molar-refractivity contribution in [1.29, 1.82) is 0 Å². The standard InChI is InChI=1S/C13H16O4/c14-10-7-6-9(12(16)13(10)17)11(15)8-4-2-1-3-5-8/h6-8,14,16-17H,1-5H2. The predicted molar refractivity (Wildman–Crippen MR) is 62.3 cm³/mol. The number of carbonyl (C=O) groups excluding carboxylic acids is 1. The lowest BCUT2D eigenvalue weighted by Crippen LogP contribution is -2.17. The molecule has 0 saturated heterocycles. The Morgan fingerprint density at radius 3 is 2.29 bits per heavy atom. The fraction of sp³-hybridized carbons (Fsp3) is 0.462. The Kier molecular flexibility index (Phi) is 3.22. The molecule has 0 aliphatic heterocycles. The largest absolute Gasteiger partial charge is 0.504 e. The number of ketones is 1. The van der Waals surface area contributed by atoms with Gasteiger partial charge in [-0.3, -0.25) is 4.79 Å². The second-order valence-corrected chi connectivity index (χ2v) is 4.53. The zero-order chi connectivity index (χ0) is 12.4. The molecule has 4 nitrogen and oxygen atoms in total. The maximum Gasteiger partial charge on any atom is 0.201 e. The van der Waals surface area contributed by atoms with E-state index in [1.54, 1.807) is 0 Å². The van der Waals surface area contributed by atoms with E-state index >= 15 is 0 Å². The van der Waals surface area contributed by atoms with Crippen molar-refractivity contribution in [2.45, 2.75) is 32.1 Å². The number of phenols is 3. The van der Waals surface area contributed by atoms with E-state index in [9.17, 15) is 20.1 Å². The molecule has 1 aliphatic carbocycles. The summed E-state index contributed by atoms with van der Waals surface area (Å²) in [5.74, 6) is -1.76. The first-order valence-corrected chi connectivity index (χ1v) is 5.89. The molecule has 0 amide bonds. The molecule has 0 unspecified atom stereocenters. The van der Waals surface area contributed by atoms with Gasteiger partial charge in [0.25, 0.3) is 0 Å². The van der Waals surface area contributed by atoms with E-state index in [1.807, 2.05) is 0 Å². The lowest BCUT2D eigenvalue weighted by Gasteiger charge is -2.20. The first kappa shape index (κ1) is 11.8. The lowest BCUT2D eigenvalue weighted by atomic mass is 9.83. The summed E-state index contributed by atoms with van der Waals surface area (Å²) < 4.78 is 0. The van der Waals surface area contributed by atoms with Crippen LogP contribution in [-0.4, -0.2) is 21.1 Å². The van der Waals surface area contributed by atoms with Gasteiger partial charge in [-0.25, -0.2) is 0 Å². The Labute approximate surface area is 99.5 Å². The number of benzene rings is 1. The molecule has 2 rings (SSSR count). The molecule has 0 radical (unpaired) electrons. The van der Waals surface area contributed by atoms with Crippen molar-refractivity contribution < 1.29 is 20.1 Å². The van der Waals surface area contributed by atoms with E-state index in [-0.39, 0.29) is 17.3 Å². The number of rotatable bonds is 2. The van der Waals surface area contributed by atoms with Crippen LogP contribution in [0.3, 0.4) is 0 Å². The molecule has 1 aromatic rings. The van der Waals surface area contributed by atoms with Crippen LogP contribution in [0, 0.1) is 5.92 Å². The van der Waals surface area contributed by atoms with Gasteiger partial charge in [0.1, 0.15) is 0 Å². The van der Waals surface area contributed by atoms with Gasteiger partial charge in [-0.15, -0.1) is 0 Å². The maximum absolute atomic E-state index is 12.1. The van der Waals surface area contributed by atoms with Crippen LogP contribution in [0.15, 0.2) is 12.1 Å². The van der Waals surface area contributed by atoms with Crippen LogP contribution in [0.25, 0.3) is 0 Å². The molecular formula is C13H16O4. The average Bonchev–Trinajstić information content (AvgIpc) is 2.36. The van der Waals surface area contributed by atoms with E-state index < -0.39 is 17.2 Å². The van der Waals surface area contributed by atoms with Crippen LogP contribution in [0.2, 0.25) is 0 Å². The van der Waals surface area contributed by atoms with Gasteiger partial charge in [-0.2, -0.15) is 0 Å². The molecule has 1 saturated carbocycles. The highest BCUT2D eigenvalue weighted by atomic mass is 16.3. The van der Waals surface area contributed by atoms with Crippen LogP contribution in [-0.2, 0) is 0 Å². The number of carbonyl (C=O) groups is 1. The molecule has 1 aliphatic rings. The molecule has 1 aromatic carbocycles. The van der Waals surface area contributed by atoms with Crippen LogP contribution < -0.4 is 0 Å². The van der Waals surface area contributed by atoms with Crippen LogP contribution in [0.5, 0.6) is 17.2 Å². The summed E-state index contributed by atoms with van der Waals surface area (Å²) >= 11 is 0. The maximum atomic E-state index is 12.1. The van der Waals surface area contributed by atoms with E-state index in [2.05, 4.69) is 0 Å². The van der Waals surface area contributed by atoms with E-state index in [1.165, 1.54) is 12.1 Å². The van der Waals surface area contributed by atoms with Crippen molar-refractivity contribution in [1.82, 2.24) is 0 Å². The molecule has 92 valence electrons. The van der Waals surface area contributed by atoms with Crippen molar-refractivity contribution >= 4 is 5.78 Å². The molecule has 0 bridgehead atoms. The summed E-state index contributed by atoms with van der Waals surface area (Å²) in [6.45, 7) is 0. The van der Waals surface area contributed by atoms with Crippen molar-refractivity contribution in [3.8, 4) is 17.2 Å². The van der Waals surface area contributed by atoms with Gasteiger partial charge in [0.05, 0.1) is 5.56 Å². The summed E-state index contributed by atoms with van der Waals surface area (Å²) in [6, 6.07) is 2.59. The second kappa shape index (κ2) is 4.65. The van der Waals surface area contributed by atoms with Crippen molar-refractivity contribution in [2.24, 2.45) is 5.92 Å². The summed E-state index contributed by atoms with van der Waals surface area (Å²) in [4.78, 5) is 12.1. The van der Waals surface area contributed by atoms with Gasteiger partial charge >= 0.3 is 0 Å². The molecule has 17 heavy (non-hydrogen) atoms. The lowest BCUT2D eigenvalue weighted by molar-refractivity contribution is 0.0886. The van der Waals surface area contributed by atoms with Crippen LogP contribution >= 0.6 is 0 Å². The third kappa shape index (κ3) is 2.20. The first-order chi connectivity index (χ1) is 8.11. The normalized spacial score (nSPS) is 16.9. The average molecular weight is 236 g/mol. The van der Waals surface area contributed by atoms with Crippen molar-refractivity contribution in [3.63, 3.8) is 0 Å². The second-order valence-electron chi connectivity index (χ2n) is 4.53. The minimum Gasteiger partial charge on any atom is -0.504 e.